The Morgan fingerprint density at radius 1 is 1.42 bits per heavy atom. The molecule has 2 unspecified atom stereocenters. The van der Waals surface area contributed by atoms with Crippen molar-refractivity contribution in [3.8, 4) is 0 Å². The summed E-state index contributed by atoms with van der Waals surface area (Å²) in [5.74, 6) is -0.308. The van der Waals surface area contributed by atoms with E-state index in [1.165, 1.54) is 0 Å². The fourth-order valence-electron chi connectivity index (χ4n) is 2.20. The summed E-state index contributed by atoms with van der Waals surface area (Å²) < 4.78 is 0. The molecule has 7 heteroatoms. The van der Waals surface area contributed by atoms with Crippen LogP contribution in [-0.4, -0.2) is 47.2 Å². The third-order valence-corrected chi connectivity index (χ3v) is 3.99. The van der Waals surface area contributed by atoms with E-state index in [9.17, 15) is 9.59 Å². The second-order valence-corrected chi connectivity index (χ2v) is 5.83. The molecule has 0 aromatic heterocycles. The molecular formula is C12H23N3O3S. The monoisotopic (exact) mass is 289 g/mol. The number of thioether (sulfide) groups is 1. The molecule has 0 saturated heterocycles. The van der Waals surface area contributed by atoms with Gasteiger partial charge >= 0.3 is 12.0 Å². The van der Waals surface area contributed by atoms with Gasteiger partial charge in [0.25, 0.3) is 0 Å². The zero-order chi connectivity index (χ0) is 14.3. The highest BCUT2D eigenvalue weighted by molar-refractivity contribution is 7.98. The van der Waals surface area contributed by atoms with Gasteiger partial charge in [-0.3, -0.25) is 0 Å². The van der Waals surface area contributed by atoms with Crippen LogP contribution in [0.25, 0.3) is 0 Å². The van der Waals surface area contributed by atoms with Crippen LogP contribution in [0.3, 0.4) is 0 Å². The summed E-state index contributed by atoms with van der Waals surface area (Å²) in [7, 11) is 0. The van der Waals surface area contributed by atoms with E-state index in [1.807, 2.05) is 6.26 Å². The number of nitrogens with two attached hydrogens (primary N) is 1. The van der Waals surface area contributed by atoms with E-state index in [0.29, 0.717) is 12.2 Å². The Balaban J connectivity index is 2.40. The molecule has 1 rings (SSSR count). The highest BCUT2D eigenvalue weighted by Crippen LogP contribution is 2.16. The second kappa shape index (κ2) is 8.27. The quantitative estimate of drug-likeness (QED) is 0.578. The molecule has 0 bridgehead atoms. The molecule has 0 aromatic rings. The minimum absolute atomic E-state index is 0.0334. The number of urea groups is 1. The van der Waals surface area contributed by atoms with Crippen LogP contribution in [0.15, 0.2) is 0 Å². The standard InChI is InChI=1S/C12H23N3O3S/c1-19-7-6-10(11(16)17)15-12(18)14-9-5-3-2-4-8(9)13/h8-10H,2-7,13H2,1H3,(H,16,17)(H2,14,15,18)/t8?,9?,10-/m1/s1. The summed E-state index contributed by atoms with van der Waals surface area (Å²) in [4.78, 5) is 22.8. The lowest BCUT2D eigenvalue weighted by Crippen LogP contribution is -2.54. The first-order chi connectivity index (χ1) is 9.04. The van der Waals surface area contributed by atoms with Crippen LogP contribution >= 0.6 is 11.8 Å². The minimum Gasteiger partial charge on any atom is -0.480 e. The summed E-state index contributed by atoms with van der Waals surface area (Å²) >= 11 is 1.56. The number of carboxylic acid groups (broad SMARTS) is 1. The lowest BCUT2D eigenvalue weighted by atomic mass is 9.91. The van der Waals surface area contributed by atoms with Gasteiger partial charge in [-0.15, -0.1) is 0 Å². The number of carbonyl (C=O) groups excluding carboxylic acids is 1. The second-order valence-electron chi connectivity index (χ2n) is 4.84. The zero-order valence-corrected chi connectivity index (χ0v) is 12.0. The molecule has 0 aromatic carbocycles. The van der Waals surface area contributed by atoms with Crippen molar-refractivity contribution in [1.82, 2.24) is 10.6 Å². The molecule has 5 N–H and O–H groups in total. The third-order valence-electron chi connectivity index (χ3n) is 3.35. The molecule has 0 aliphatic heterocycles. The minimum atomic E-state index is -1.00. The van der Waals surface area contributed by atoms with Gasteiger partial charge in [-0.2, -0.15) is 11.8 Å². The van der Waals surface area contributed by atoms with E-state index in [2.05, 4.69) is 10.6 Å². The van der Waals surface area contributed by atoms with Gasteiger partial charge in [-0.1, -0.05) is 12.8 Å². The van der Waals surface area contributed by atoms with Crippen LogP contribution in [0.2, 0.25) is 0 Å². The average molecular weight is 289 g/mol. The number of carboxylic acids is 1. The molecule has 2 amide bonds. The first-order valence-corrected chi connectivity index (χ1v) is 7.98. The van der Waals surface area contributed by atoms with Gasteiger partial charge < -0.3 is 21.5 Å². The Morgan fingerprint density at radius 2 is 2.11 bits per heavy atom. The maximum Gasteiger partial charge on any atom is 0.326 e. The number of hydrogen-bond acceptors (Lipinski definition) is 4. The number of nitrogens with one attached hydrogen (secondary N) is 2. The van der Waals surface area contributed by atoms with E-state index < -0.39 is 18.0 Å². The van der Waals surface area contributed by atoms with E-state index in [0.717, 1.165) is 25.7 Å². The molecule has 1 aliphatic rings. The normalized spacial score (nSPS) is 24.5. The Morgan fingerprint density at radius 3 is 2.68 bits per heavy atom. The van der Waals surface area contributed by atoms with E-state index in [4.69, 9.17) is 10.8 Å². The molecule has 1 aliphatic carbocycles. The van der Waals surface area contributed by atoms with Gasteiger partial charge in [-0.05, 0) is 31.3 Å². The van der Waals surface area contributed by atoms with Gasteiger partial charge in [0.15, 0.2) is 0 Å². The maximum atomic E-state index is 11.8. The fourth-order valence-corrected chi connectivity index (χ4v) is 2.67. The van der Waals surface area contributed by atoms with Gasteiger partial charge in [0, 0.05) is 12.1 Å². The highest BCUT2D eigenvalue weighted by Gasteiger charge is 2.25. The SMILES string of the molecule is CSCC[C@@H](NC(=O)NC1CCCCC1N)C(=O)O. The molecular weight excluding hydrogens is 266 g/mol. The van der Waals surface area contributed by atoms with Crippen molar-refractivity contribution < 1.29 is 14.7 Å². The molecule has 19 heavy (non-hydrogen) atoms. The van der Waals surface area contributed by atoms with Gasteiger partial charge in [0.05, 0.1) is 0 Å². The Bertz CT molecular complexity index is 315. The highest BCUT2D eigenvalue weighted by atomic mass is 32.2. The molecule has 6 nitrogen and oxygen atoms in total. The van der Waals surface area contributed by atoms with Gasteiger partial charge in [-0.25, -0.2) is 9.59 Å². The topological polar surface area (TPSA) is 104 Å². The van der Waals surface area contributed by atoms with E-state index in [-0.39, 0.29) is 12.1 Å². The largest absolute Gasteiger partial charge is 0.480 e. The molecule has 0 heterocycles. The maximum absolute atomic E-state index is 11.8. The number of rotatable bonds is 6. The first-order valence-electron chi connectivity index (χ1n) is 6.59. The molecule has 1 fully saturated rings. The van der Waals surface area contributed by atoms with Crippen molar-refractivity contribution in [3.63, 3.8) is 0 Å². The summed E-state index contributed by atoms with van der Waals surface area (Å²) in [5.41, 5.74) is 5.94. The average Bonchev–Trinajstić information content (AvgIpc) is 2.37. The number of aliphatic carboxylic acids is 1. The van der Waals surface area contributed by atoms with Crippen molar-refractivity contribution >= 4 is 23.8 Å². The molecule has 0 radical (unpaired) electrons. The zero-order valence-electron chi connectivity index (χ0n) is 11.2. The molecule has 110 valence electrons. The molecule has 3 atom stereocenters. The summed E-state index contributed by atoms with van der Waals surface area (Å²) in [6.45, 7) is 0. The predicted molar refractivity (Wildman–Crippen MR) is 76.3 cm³/mol. The fraction of sp³-hybridized carbons (Fsp3) is 0.833. The third kappa shape index (κ3) is 5.69. The summed E-state index contributed by atoms with van der Waals surface area (Å²) in [6, 6.07) is -1.36. The van der Waals surface area contributed by atoms with Crippen molar-refractivity contribution in [3.05, 3.63) is 0 Å². The van der Waals surface area contributed by atoms with Crippen LogP contribution in [0, 0.1) is 0 Å². The number of amides is 2. The van der Waals surface area contributed by atoms with E-state index >= 15 is 0 Å². The van der Waals surface area contributed by atoms with Gasteiger partial charge in [0.1, 0.15) is 6.04 Å². The van der Waals surface area contributed by atoms with E-state index in [1.54, 1.807) is 11.8 Å². The van der Waals surface area contributed by atoms with Crippen LogP contribution in [0.4, 0.5) is 4.79 Å². The van der Waals surface area contributed by atoms with Crippen molar-refractivity contribution in [2.24, 2.45) is 5.73 Å². The smallest absolute Gasteiger partial charge is 0.326 e. The Hall–Kier alpha value is -0.950. The van der Waals surface area contributed by atoms with Gasteiger partial charge in [0.2, 0.25) is 0 Å². The Kier molecular flexibility index (Phi) is 7.01. The molecule has 1 saturated carbocycles. The van der Waals surface area contributed by atoms with Crippen molar-refractivity contribution in [1.29, 1.82) is 0 Å². The molecule has 0 spiro atoms. The number of hydrogen-bond donors (Lipinski definition) is 4. The lowest BCUT2D eigenvalue weighted by molar-refractivity contribution is -0.139. The summed E-state index contributed by atoms with van der Waals surface area (Å²) in [6.07, 6.45) is 6.22. The summed E-state index contributed by atoms with van der Waals surface area (Å²) in [5, 5.41) is 14.3. The van der Waals surface area contributed by atoms with Crippen molar-refractivity contribution in [2.45, 2.75) is 50.2 Å². The Labute approximate surface area is 117 Å². The predicted octanol–water partition coefficient (Wildman–Crippen LogP) is 0.762. The first kappa shape index (κ1) is 16.1. The van der Waals surface area contributed by atoms with Crippen LogP contribution in [-0.2, 0) is 4.79 Å². The van der Waals surface area contributed by atoms with Crippen molar-refractivity contribution in [2.75, 3.05) is 12.0 Å². The number of carbonyl (C=O) groups is 2. The van der Waals surface area contributed by atoms with Crippen LogP contribution in [0.1, 0.15) is 32.1 Å². The van der Waals surface area contributed by atoms with Crippen LogP contribution < -0.4 is 16.4 Å². The van der Waals surface area contributed by atoms with Crippen LogP contribution in [0.5, 0.6) is 0 Å². The lowest BCUT2D eigenvalue weighted by Gasteiger charge is -2.29.